The predicted octanol–water partition coefficient (Wildman–Crippen LogP) is 2.49. The first-order chi connectivity index (χ1) is 7.68. The van der Waals surface area contributed by atoms with E-state index in [-0.39, 0.29) is 0 Å². The molecule has 94 valence electrons. The lowest BCUT2D eigenvalue weighted by Gasteiger charge is -2.45. The molecule has 0 amide bonds. The van der Waals surface area contributed by atoms with Crippen LogP contribution in [0.15, 0.2) is 0 Å². The van der Waals surface area contributed by atoms with Crippen LogP contribution in [-0.2, 0) is 0 Å². The Bertz CT molecular complexity index is 215. The number of rotatable bonds is 5. The minimum Gasteiger partial charge on any atom is -0.316 e. The lowest BCUT2D eigenvalue weighted by Crippen LogP contribution is -2.51. The van der Waals surface area contributed by atoms with Crippen LogP contribution in [0, 0.1) is 11.8 Å². The maximum Gasteiger partial charge on any atom is 0.0139 e. The molecule has 3 unspecified atom stereocenters. The molecule has 2 rings (SSSR count). The third-order valence-corrected chi connectivity index (χ3v) is 4.37. The van der Waals surface area contributed by atoms with E-state index in [0.29, 0.717) is 0 Å². The summed E-state index contributed by atoms with van der Waals surface area (Å²) in [6.45, 7) is 10.8. The fraction of sp³-hybridized carbons (Fsp3) is 1.00. The zero-order valence-corrected chi connectivity index (χ0v) is 11.2. The highest BCUT2D eigenvalue weighted by Crippen LogP contribution is 2.35. The van der Waals surface area contributed by atoms with Gasteiger partial charge in [-0.05, 0) is 64.1 Å². The largest absolute Gasteiger partial charge is 0.316 e. The summed E-state index contributed by atoms with van der Waals surface area (Å²) in [5.41, 5.74) is 0. The molecule has 3 atom stereocenters. The molecule has 1 N–H and O–H groups in total. The van der Waals surface area contributed by atoms with Crippen LogP contribution in [0.2, 0.25) is 0 Å². The van der Waals surface area contributed by atoms with E-state index in [1.165, 1.54) is 45.3 Å². The van der Waals surface area contributed by atoms with Gasteiger partial charge in [-0.2, -0.15) is 0 Å². The Morgan fingerprint density at radius 2 is 2.06 bits per heavy atom. The van der Waals surface area contributed by atoms with Gasteiger partial charge in [-0.3, -0.25) is 4.90 Å². The van der Waals surface area contributed by atoms with Crippen molar-refractivity contribution in [2.24, 2.45) is 11.8 Å². The van der Waals surface area contributed by atoms with Crippen molar-refractivity contribution in [3.05, 3.63) is 0 Å². The Morgan fingerprint density at radius 1 is 1.25 bits per heavy atom. The van der Waals surface area contributed by atoms with Crippen molar-refractivity contribution >= 4 is 0 Å². The Balaban J connectivity index is 1.71. The smallest absolute Gasteiger partial charge is 0.0139 e. The highest BCUT2D eigenvalue weighted by Gasteiger charge is 2.38. The first-order valence-electron chi connectivity index (χ1n) is 7.15. The number of hydrogen-bond acceptors (Lipinski definition) is 2. The first-order valence-corrected chi connectivity index (χ1v) is 7.15. The molecule has 0 spiro atoms. The second kappa shape index (κ2) is 5.50. The highest BCUT2D eigenvalue weighted by molar-refractivity contribution is 4.94. The monoisotopic (exact) mass is 224 g/mol. The maximum atomic E-state index is 3.63. The van der Waals surface area contributed by atoms with E-state index >= 15 is 0 Å². The van der Waals surface area contributed by atoms with Gasteiger partial charge in [0, 0.05) is 12.1 Å². The van der Waals surface area contributed by atoms with Gasteiger partial charge in [-0.1, -0.05) is 13.8 Å². The Labute approximate surface area is 101 Å². The van der Waals surface area contributed by atoms with E-state index < -0.39 is 0 Å². The summed E-state index contributed by atoms with van der Waals surface area (Å²) in [6, 6.07) is 1.75. The average molecular weight is 224 g/mol. The van der Waals surface area contributed by atoms with E-state index in [1.807, 2.05) is 0 Å². The molecule has 1 heterocycles. The number of likely N-dealkylation sites (tertiary alicyclic amines) is 1. The van der Waals surface area contributed by atoms with Crippen molar-refractivity contribution in [3.8, 4) is 0 Å². The molecule has 1 aliphatic heterocycles. The normalized spacial score (nSPS) is 35.6. The summed E-state index contributed by atoms with van der Waals surface area (Å²) in [7, 11) is 0. The Kier molecular flexibility index (Phi) is 4.26. The Morgan fingerprint density at radius 3 is 2.56 bits per heavy atom. The summed E-state index contributed by atoms with van der Waals surface area (Å²) < 4.78 is 0. The van der Waals surface area contributed by atoms with Gasteiger partial charge in [0.2, 0.25) is 0 Å². The van der Waals surface area contributed by atoms with Crippen molar-refractivity contribution < 1.29 is 0 Å². The van der Waals surface area contributed by atoms with Crippen LogP contribution in [0.5, 0.6) is 0 Å². The van der Waals surface area contributed by atoms with Gasteiger partial charge < -0.3 is 5.32 Å². The quantitative estimate of drug-likeness (QED) is 0.772. The molecule has 0 aromatic heterocycles. The van der Waals surface area contributed by atoms with Crippen molar-refractivity contribution in [1.29, 1.82) is 0 Å². The number of nitrogens with one attached hydrogen (secondary N) is 1. The maximum absolute atomic E-state index is 3.63. The van der Waals surface area contributed by atoms with E-state index in [0.717, 1.165) is 23.9 Å². The molecule has 0 radical (unpaired) electrons. The van der Waals surface area contributed by atoms with E-state index in [2.05, 4.69) is 31.0 Å². The molecule has 1 saturated carbocycles. The van der Waals surface area contributed by atoms with Gasteiger partial charge in [-0.25, -0.2) is 0 Å². The summed E-state index contributed by atoms with van der Waals surface area (Å²) in [5.74, 6) is 1.71. The minimum absolute atomic E-state index is 0.782. The third kappa shape index (κ3) is 2.78. The van der Waals surface area contributed by atoms with Gasteiger partial charge in [-0.15, -0.1) is 0 Å². The topological polar surface area (TPSA) is 15.3 Å². The summed E-state index contributed by atoms with van der Waals surface area (Å²) >= 11 is 0. The molecule has 16 heavy (non-hydrogen) atoms. The Hall–Kier alpha value is -0.0800. The van der Waals surface area contributed by atoms with Crippen LogP contribution < -0.4 is 5.32 Å². The summed E-state index contributed by atoms with van der Waals surface area (Å²) in [4.78, 5) is 2.77. The van der Waals surface area contributed by atoms with Gasteiger partial charge >= 0.3 is 0 Å². The molecular formula is C14H28N2. The standard InChI is InChI=1S/C14H28N2/c1-11(2)9-15-10-13-6-7-14(13)16-8-4-5-12(16)3/h11-15H,4-10H2,1-3H3. The zero-order chi connectivity index (χ0) is 11.5. The van der Waals surface area contributed by atoms with Gasteiger partial charge in [0.15, 0.2) is 0 Å². The lowest BCUT2D eigenvalue weighted by molar-refractivity contribution is 0.0566. The number of nitrogens with zero attached hydrogens (tertiary/aromatic N) is 1. The minimum atomic E-state index is 0.782. The predicted molar refractivity (Wildman–Crippen MR) is 69.6 cm³/mol. The second-order valence-corrected chi connectivity index (χ2v) is 6.19. The fourth-order valence-electron chi connectivity index (χ4n) is 3.23. The molecule has 0 aromatic carbocycles. The van der Waals surface area contributed by atoms with Crippen LogP contribution in [0.1, 0.15) is 46.5 Å². The van der Waals surface area contributed by atoms with Crippen LogP contribution in [0.3, 0.4) is 0 Å². The zero-order valence-electron chi connectivity index (χ0n) is 11.2. The van der Waals surface area contributed by atoms with E-state index in [1.54, 1.807) is 0 Å². The molecule has 2 nitrogen and oxygen atoms in total. The molecule has 2 heteroatoms. The molecule has 1 saturated heterocycles. The van der Waals surface area contributed by atoms with E-state index in [9.17, 15) is 0 Å². The van der Waals surface area contributed by atoms with Crippen molar-refractivity contribution in [2.75, 3.05) is 19.6 Å². The van der Waals surface area contributed by atoms with Crippen LogP contribution in [-0.4, -0.2) is 36.6 Å². The fourth-order valence-corrected chi connectivity index (χ4v) is 3.23. The average Bonchev–Trinajstić information content (AvgIpc) is 2.58. The van der Waals surface area contributed by atoms with Crippen molar-refractivity contribution in [3.63, 3.8) is 0 Å². The summed E-state index contributed by atoms with van der Waals surface area (Å²) in [6.07, 6.45) is 5.73. The van der Waals surface area contributed by atoms with Crippen molar-refractivity contribution in [1.82, 2.24) is 10.2 Å². The van der Waals surface area contributed by atoms with Gasteiger partial charge in [0.05, 0.1) is 0 Å². The van der Waals surface area contributed by atoms with Gasteiger partial charge in [0.25, 0.3) is 0 Å². The first kappa shape index (κ1) is 12.4. The SMILES string of the molecule is CC(C)CNCC1CCC1N1CCCC1C. The lowest BCUT2D eigenvalue weighted by atomic mass is 9.78. The highest BCUT2D eigenvalue weighted by atomic mass is 15.2. The van der Waals surface area contributed by atoms with Crippen LogP contribution >= 0.6 is 0 Å². The molecule has 2 aliphatic rings. The molecular weight excluding hydrogens is 196 g/mol. The third-order valence-electron chi connectivity index (χ3n) is 4.37. The number of hydrogen-bond donors (Lipinski definition) is 1. The van der Waals surface area contributed by atoms with Crippen LogP contribution in [0.25, 0.3) is 0 Å². The van der Waals surface area contributed by atoms with Gasteiger partial charge in [0.1, 0.15) is 0 Å². The molecule has 1 aliphatic carbocycles. The molecule has 0 aromatic rings. The molecule has 0 bridgehead atoms. The van der Waals surface area contributed by atoms with Crippen molar-refractivity contribution in [2.45, 2.75) is 58.5 Å². The second-order valence-electron chi connectivity index (χ2n) is 6.19. The van der Waals surface area contributed by atoms with Crippen LogP contribution in [0.4, 0.5) is 0 Å². The van der Waals surface area contributed by atoms with E-state index in [4.69, 9.17) is 0 Å². The summed E-state index contributed by atoms with van der Waals surface area (Å²) in [5, 5.41) is 3.63. The molecule has 2 fully saturated rings.